The van der Waals surface area contributed by atoms with Crippen LogP contribution in [0.4, 0.5) is 0 Å². The molecule has 0 aliphatic rings. The van der Waals surface area contributed by atoms with Gasteiger partial charge in [0, 0.05) is 23.9 Å². The Bertz CT molecular complexity index is 626. The Labute approximate surface area is 117 Å². The van der Waals surface area contributed by atoms with Gasteiger partial charge in [0.1, 0.15) is 0 Å². The van der Waals surface area contributed by atoms with Gasteiger partial charge in [-0.3, -0.25) is 9.78 Å². The Morgan fingerprint density at radius 2 is 1.80 bits per heavy atom. The van der Waals surface area contributed by atoms with E-state index in [4.69, 9.17) is 15.2 Å². The number of carbonyl (C=O) groups is 1. The molecule has 5 heteroatoms. The van der Waals surface area contributed by atoms with Crippen LogP contribution in [0, 0.1) is 0 Å². The fourth-order valence-corrected chi connectivity index (χ4v) is 1.88. The Hall–Kier alpha value is -2.40. The lowest BCUT2D eigenvalue weighted by atomic mass is 10.0. The van der Waals surface area contributed by atoms with E-state index < -0.39 is 0 Å². The number of methoxy groups -OCH3 is 2. The van der Waals surface area contributed by atoms with E-state index in [1.807, 2.05) is 0 Å². The third-order valence-corrected chi connectivity index (χ3v) is 2.93. The van der Waals surface area contributed by atoms with E-state index in [0.717, 1.165) is 0 Å². The predicted molar refractivity (Wildman–Crippen MR) is 75.1 cm³/mol. The highest BCUT2D eigenvalue weighted by atomic mass is 16.5. The maximum Gasteiger partial charge on any atom is 0.193 e. The predicted octanol–water partition coefficient (Wildman–Crippen LogP) is 1.79. The van der Waals surface area contributed by atoms with Crippen molar-refractivity contribution >= 4 is 5.78 Å². The van der Waals surface area contributed by atoms with Crippen molar-refractivity contribution in [3.05, 3.63) is 53.3 Å². The van der Waals surface area contributed by atoms with Crippen molar-refractivity contribution < 1.29 is 14.3 Å². The van der Waals surface area contributed by atoms with Gasteiger partial charge in [0.05, 0.1) is 19.9 Å². The lowest BCUT2D eigenvalue weighted by molar-refractivity contribution is 0.103. The second-order valence-corrected chi connectivity index (χ2v) is 4.14. The van der Waals surface area contributed by atoms with Crippen LogP contribution in [0.3, 0.4) is 0 Å². The number of ether oxygens (including phenoxy) is 2. The summed E-state index contributed by atoms with van der Waals surface area (Å²) in [7, 11) is 3.08. The van der Waals surface area contributed by atoms with E-state index in [1.165, 1.54) is 7.11 Å². The van der Waals surface area contributed by atoms with Crippen molar-refractivity contribution in [1.82, 2.24) is 4.98 Å². The molecule has 0 radical (unpaired) electrons. The molecule has 20 heavy (non-hydrogen) atoms. The zero-order chi connectivity index (χ0) is 14.5. The van der Waals surface area contributed by atoms with Crippen LogP contribution in [-0.4, -0.2) is 25.0 Å². The Morgan fingerprint density at radius 1 is 1.10 bits per heavy atom. The molecule has 0 bridgehead atoms. The largest absolute Gasteiger partial charge is 0.493 e. The molecule has 1 aromatic carbocycles. The van der Waals surface area contributed by atoms with E-state index in [-0.39, 0.29) is 5.78 Å². The van der Waals surface area contributed by atoms with Crippen molar-refractivity contribution in [1.29, 1.82) is 0 Å². The van der Waals surface area contributed by atoms with Crippen molar-refractivity contribution in [2.24, 2.45) is 5.73 Å². The number of hydrogen-bond acceptors (Lipinski definition) is 5. The average molecular weight is 272 g/mol. The van der Waals surface area contributed by atoms with Crippen LogP contribution in [0.15, 0.2) is 36.5 Å². The Kier molecular flexibility index (Phi) is 4.32. The van der Waals surface area contributed by atoms with Gasteiger partial charge in [-0.25, -0.2) is 0 Å². The third kappa shape index (κ3) is 2.78. The van der Waals surface area contributed by atoms with Gasteiger partial charge in [0.25, 0.3) is 0 Å². The number of nitrogens with zero attached hydrogens (tertiary/aromatic N) is 1. The van der Waals surface area contributed by atoms with E-state index in [0.29, 0.717) is 34.9 Å². The third-order valence-electron chi connectivity index (χ3n) is 2.93. The minimum absolute atomic E-state index is 0.108. The number of hydrogen-bond donors (Lipinski definition) is 1. The van der Waals surface area contributed by atoms with Crippen molar-refractivity contribution in [2.45, 2.75) is 6.54 Å². The zero-order valence-electron chi connectivity index (χ0n) is 11.4. The van der Waals surface area contributed by atoms with Crippen molar-refractivity contribution in [3.63, 3.8) is 0 Å². The lowest BCUT2D eigenvalue weighted by Gasteiger charge is -2.09. The molecule has 0 spiro atoms. The summed E-state index contributed by atoms with van der Waals surface area (Å²) in [5, 5.41) is 0. The first-order valence-electron chi connectivity index (χ1n) is 6.11. The van der Waals surface area contributed by atoms with Gasteiger partial charge in [0.2, 0.25) is 0 Å². The average Bonchev–Trinajstić information content (AvgIpc) is 2.53. The monoisotopic (exact) mass is 272 g/mol. The number of pyridine rings is 1. The standard InChI is InChI=1S/C15H16N2O3/c1-19-13-4-3-10(8-14(13)20-2)15(18)11-5-6-17-12(7-11)9-16/h3-8H,9,16H2,1-2H3. The summed E-state index contributed by atoms with van der Waals surface area (Å²) >= 11 is 0. The quantitative estimate of drug-likeness (QED) is 0.840. The van der Waals surface area contributed by atoms with Crippen LogP contribution < -0.4 is 15.2 Å². The highest BCUT2D eigenvalue weighted by Crippen LogP contribution is 2.28. The maximum absolute atomic E-state index is 12.4. The number of aromatic nitrogens is 1. The highest BCUT2D eigenvalue weighted by Gasteiger charge is 2.13. The minimum Gasteiger partial charge on any atom is -0.493 e. The zero-order valence-corrected chi connectivity index (χ0v) is 11.4. The number of nitrogens with two attached hydrogens (primary N) is 1. The SMILES string of the molecule is COc1ccc(C(=O)c2ccnc(CN)c2)cc1OC. The molecule has 2 rings (SSSR count). The van der Waals surface area contributed by atoms with Crippen LogP contribution >= 0.6 is 0 Å². The molecule has 0 saturated carbocycles. The molecule has 5 nitrogen and oxygen atoms in total. The smallest absolute Gasteiger partial charge is 0.193 e. The van der Waals surface area contributed by atoms with E-state index in [2.05, 4.69) is 4.98 Å². The summed E-state index contributed by atoms with van der Waals surface area (Å²) in [5.74, 6) is 0.996. The van der Waals surface area contributed by atoms with Crippen molar-refractivity contribution in [3.8, 4) is 11.5 Å². The van der Waals surface area contributed by atoms with E-state index in [1.54, 1.807) is 43.6 Å². The molecule has 1 heterocycles. The van der Waals surface area contributed by atoms with Gasteiger partial charge in [0.15, 0.2) is 17.3 Å². The van der Waals surface area contributed by atoms with Crippen molar-refractivity contribution in [2.75, 3.05) is 14.2 Å². The normalized spacial score (nSPS) is 10.2. The second kappa shape index (κ2) is 6.16. The molecule has 2 N–H and O–H groups in total. The Balaban J connectivity index is 2.37. The van der Waals surface area contributed by atoms with Gasteiger partial charge in [-0.05, 0) is 30.3 Å². The summed E-state index contributed by atoms with van der Waals surface area (Å²) in [6, 6.07) is 8.42. The number of benzene rings is 1. The van der Waals surface area contributed by atoms with Gasteiger partial charge in [-0.1, -0.05) is 0 Å². The molecular formula is C15H16N2O3. The second-order valence-electron chi connectivity index (χ2n) is 4.14. The maximum atomic E-state index is 12.4. The van der Waals surface area contributed by atoms with Gasteiger partial charge in [-0.2, -0.15) is 0 Å². The molecule has 0 atom stereocenters. The Morgan fingerprint density at radius 3 is 2.45 bits per heavy atom. The molecule has 0 aliphatic carbocycles. The van der Waals surface area contributed by atoms with Crippen LogP contribution in [0.2, 0.25) is 0 Å². The first-order chi connectivity index (χ1) is 9.69. The van der Waals surface area contributed by atoms with Gasteiger partial charge < -0.3 is 15.2 Å². The number of rotatable bonds is 5. The van der Waals surface area contributed by atoms with Gasteiger partial charge in [-0.15, -0.1) is 0 Å². The summed E-state index contributed by atoms with van der Waals surface area (Å²) in [6.45, 7) is 0.299. The summed E-state index contributed by atoms with van der Waals surface area (Å²) in [5.41, 5.74) is 7.28. The molecule has 2 aromatic rings. The van der Waals surface area contributed by atoms with Crippen LogP contribution in [0.25, 0.3) is 0 Å². The molecular weight excluding hydrogens is 256 g/mol. The molecule has 0 fully saturated rings. The first-order valence-corrected chi connectivity index (χ1v) is 6.11. The summed E-state index contributed by atoms with van der Waals surface area (Å²) in [4.78, 5) is 16.5. The first kappa shape index (κ1) is 14.0. The fourth-order valence-electron chi connectivity index (χ4n) is 1.88. The summed E-state index contributed by atoms with van der Waals surface area (Å²) in [6.07, 6.45) is 1.58. The number of ketones is 1. The van der Waals surface area contributed by atoms with Crippen LogP contribution in [0.5, 0.6) is 11.5 Å². The van der Waals surface area contributed by atoms with Crippen LogP contribution in [-0.2, 0) is 6.54 Å². The number of carbonyl (C=O) groups excluding carboxylic acids is 1. The summed E-state index contributed by atoms with van der Waals surface area (Å²) < 4.78 is 10.3. The molecule has 0 amide bonds. The minimum atomic E-state index is -0.108. The molecule has 1 aromatic heterocycles. The lowest BCUT2D eigenvalue weighted by Crippen LogP contribution is -2.06. The van der Waals surface area contributed by atoms with Gasteiger partial charge >= 0.3 is 0 Å². The molecule has 0 saturated heterocycles. The van der Waals surface area contributed by atoms with E-state index in [9.17, 15) is 4.79 Å². The van der Waals surface area contributed by atoms with Crippen LogP contribution in [0.1, 0.15) is 21.6 Å². The molecule has 0 unspecified atom stereocenters. The topological polar surface area (TPSA) is 74.4 Å². The van der Waals surface area contributed by atoms with E-state index >= 15 is 0 Å². The fraction of sp³-hybridized carbons (Fsp3) is 0.200. The molecule has 0 aliphatic heterocycles. The highest BCUT2D eigenvalue weighted by molar-refractivity contribution is 6.09. The molecule has 104 valence electrons.